The Morgan fingerprint density at radius 1 is 1.35 bits per heavy atom. The van der Waals surface area contributed by atoms with Crippen LogP contribution >= 0.6 is 0 Å². The van der Waals surface area contributed by atoms with Crippen LogP contribution in [0.3, 0.4) is 0 Å². The second-order valence-corrected chi connectivity index (χ2v) is 7.01. The minimum Gasteiger partial charge on any atom is -0.487 e. The van der Waals surface area contributed by atoms with E-state index >= 15 is 0 Å². The van der Waals surface area contributed by atoms with Gasteiger partial charge in [-0.15, -0.1) is 0 Å². The van der Waals surface area contributed by atoms with Crippen LogP contribution in [0.15, 0.2) is 39.1 Å². The molecule has 1 atom stereocenters. The van der Waals surface area contributed by atoms with Gasteiger partial charge in [-0.1, -0.05) is 11.6 Å². The van der Waals surface area contributed by atoms with Crippen molar-refractivity contribution in [3.63, 3.8) is 0 Å². The smallest absolute Gasteiger partial charge is 0.339 e. The van der Waals surface area contributed by atoms with Crippen molar-refractivity contribution in [2.75, 3.05) is 0 Å². The Bertz CT molecular complexity index is 833. The maximum atomic E-state index is 12.1. The van der Waals surface area contributed by atoms with Crippen molar-refractivity contribution in [3.05, 3.63) is 51.4 Å². The Hall–Kier alpha value is -2.07. The summed E-state index contributed by atoms with van der Waals surface area (Å²) < 4.78 is 11.3. The summed E-state index contributed by atoms with van der Waals surface area (Å²) in [6.07, 6.45) is 2.95. The van der Waals surface area contributed by atoms with Gasteiger partial charge in [0, 0.05) is 23.4 Å². The Kier molecular flexibility index (Phi) is 3.80. The van der Waals surface area contributed by atoms with Crippen molar-refractivity contribution < 1.29 is 14.3 Å². The van der Waals surface area contributed by atoms with E-state index in [0.29, 0.717) is 29.7 Å². The first kappa shape index (κ1) is 15.8. The highest BCUT2D eigenvalue weighted by molar-refractivity contribution is 5.80. The van der Waals surface area contributed by atoms with Gasteiger partial charge >= 0.3 is 5.63 Å². The summed E-state index contributed by atoms with van der Waals surface area (Å²) in [5.74, 6) is 0.685. The van der Waals surface area contributed by atoms with E-state index in [1.807, 2.05) is 32.1 Å². The number of aliphatic hydroxyl groups is 1. The van der Waals surface area contributed by atoms with E-state index < -0.39 is 5.60 Å². The molecule has 23 heavy (non-hydrogen) atoms. The Morgan fingerprint density at radius 2 is 2.09 bits per heavy atom. The van der Waals surface area contributed by atoms with Gasteiger partial charge in [0.1, 0.15) is 17.4 Å². The van der Waals surface area contributed by atoms with Crippen LogP contribution in [-0.2, 0) is 12.8 Å². The molecule has 3 rings (SSSR count). The number of fused-ring (bicyclic) bond motifs is 2. The number of benzene rings is 1. The first-order chi connectivity index (χ1) is 10.7. The van der Waals surface area contributed by atoms with Crippen LogP contribution in [0.25, 0.3) is 11.0 Å². The summed E-state index contributed by atoms with van der Waals surface area (Å²) in [6.45, 7) is 7.48. The van der Waals surface area contributed by atoms with E-state index in [0.717, 1.165) is 10.9 Å². The van der Waals surface area contributed by atoms with Crippen LogP contribution in [0.4, 0.5) is 0 Å². The molecule has 1 aromatic heterocycles. The molecule has 4 nitrogen and oxygen atoms in total. The highest BCUT2D eigenvalue weighted by Crippen LogP contribution is 2.36. The van der Waals surface area contributed by atoms with Gasteiger partial charge < -0.3 is 14.3 Å². The van der Waals surface area contributed by atoms with Crippen LogP contribution in [0.2, 0.25) is 0 Å². The van der Waals surface area contributed by atoms with Gasteiger partial charge in [-0.2, -0.15) is 0 Å². The summed E-state index contributed by atoms with van der Waals surface area (Å²) in [5.41, 5.74) is 2.14. The summed E-state index contributed by atoms with van der Waals surface area (Å²) in [6, 6.07) is 5.63. The summed E-state index contributed by atoms with van der Waals surface area (Å²) in [4.78, 5) is 12.1. The lowest BCUT2D eigenvalue weighted by Gasteiger charge is -2.24. The summed E-state index contributed by atoms with van der Waals surface area (Å²) in [5, 5.41) is 11.0. The SMILES string of the molecule is CC(C)=CCc1cc2cc3c(cc2oc1=O)OC(C(C)(C)O)C3. The fraction of sp³-hybridized carbons (Fsp3) is 0.421. The highest BCUT2D eigenvalue weighted by Gasteiger charge is 2.35. The molecule has 1 aliphatic heterocycles. The largest absolute Gasteiger partial charge is 0.487 e. The minimum absolute atomic E-state index is 0.286. The van der Waals surface area contributed by atoms with E-state index in [4.69, 9.17) is 9.15 Å². The number of ether oxygens (including phenoxy) is 1. The fourth-order valence-corrected chi connectivity index (χ4v) is 2.75. The molecular formula is C19H22O4. The zero-order valence-corrected chi connectivity index (χ0v) is 14.0. The van der Waals surface area contributed by atoms with Crippen molar-refractivity contribution in [1.29, 1.82) is 0 Å². The molecule has 0 aliphatic carbocycles. The number of hydrogen-bond acceptors (Lipinski definition) is 4. The third kappa shape index (κ3) is 3.17. The van der Waals surface area contributed by atoms with Gasteiger partial charge in [0.15, 0.2) is 0 Å². The molecule has 122 valence electrons. The van der Waals surface area contributed by atoms with Crippen molar-refractivity contribution in [2.24, 2.45) is 0 Å². The molecule has 1 aliphatic rings. The van der Waals surface area contributed by atoms with Gasteiger partial charge in [-0.25, -0.2) is 4.79 Å². The molecule has 1 unspecified atom stereocenters. The molecule has 2 aromatic rings. The lowest BCUT2D eigenvalue weighted by atomic mass is 9.96. The Balaban J connectivity index is 2.02. The zero-order valence-electron chi connectivity index (χ0n) is 14.0. The van der Waals surface area contributed by atoms with Gasteiger partial charge in [0.05, 0.1) is 5.60 Å². The predicted molar refractivity (Wildman–Crippen MR) is 90.0 cm³/mol. The van der Waals surface area contributed by atoms with Gasteiger partial charge in [0.25, 0.3) is 0 Å². The van der Waals surface area contributed by atoms with E-state index in [1.165, 1.54) is 5.57 Å². The molecular weight excluding hydrogens is 292 g/mol. The molecule has 4 heteroatoms. The Labute approximate surface area is 135 Å². The van der Waals surface area contributed by atoms with Crippen LogP contribution in [0, 0.1) is 0 Å². The van der Waals surface area contributed by atoms with Crippen molar-refractivity contribution in [1.82, 2.24) is 0 Å². The fourth-order valence-electron chi connectivity index (χ4n) is 2.75. The maximum Gasteiger partial charge on any atom is 0.339 e. The lowest BCUT2D eigenvalue weighted by molar-refractivity contribution is -0.0229. The van der Waals surface area contributed by atoms with Gasteiger partial charge in [0.2, 0.25) is 0 Å². The average Bonchev–Trinajstić information content (AvgIpc) is 2.85. The van der Waals surface area contributed by atoms with Crippen LogP contribution in [0.5, 0.6) is 5.75 Å². The topological polar surface area (TPSA) is 59.7 Å². The summed E-state index contributed by atoms with van der Waals surface area (Å²) in [7, 11) is 0. The van der Waals surface area contributed by atoms with Crippen molar-refractivity contribution in [3.8, 4) is 5.75 Å². The van der Waals surface area contributed by atoms with Crippen LogP contribution in [0.1, 0.15) is 38.8 Å². The van der Waals surface area contributed by atoms with E-state index in [-0.39, 0.29) is 11.7 Å². The van der Waals surface area contributed by atoms with Crippen molar-refractivity contribution >= 4 is 11.0 Å². The highest BCUT2D eigenvalue weighted by atomic mass is 16.5. The standard InChI is InChI=1S/C19H22O4/c1-11(2)5-6-12-7-13-8-14-9-17(19(3,4)21)22-15(14)10-16(13)23-18(12)20/h5,7-8,10,17,21H,6,9H2,1-4H3. The monoisotopic (exact) mass is 314 g/mol. The molecule has 0 saturated carbocycles. The molecule has 0 amide bonds. The molecule has 0 fully saturated rings. The predicted octanol–water partition coefficient (Wildman–Crippen LogP) is 3.38. The zero-order chi connectivity index (χ0) is 16.8. The maximum absolute atomic E-state index is 12.1. The third-order valence-corrected chi connectivity index (χ3v) is 4.18. The first-order valence-electron chi connectivity index (χ1n) is 7.86. The second kappa shape index (κ2) is 5.53. The number of rotatable bonds is 3. The minimum atomic E-state index is -0.916. The first-order valence-corrected chi connectivity index (χ1v) is 7.86. The van der Waals surface area contributed by atoms with Gasteiger partial charge in [-0.05, 0) is 51.8 Å². The summed E-state index contributed by atoms with van der Waals surface area (Å²) >= 11 is 0. The normalized spacial score (nSPS) is 17.0. The molecule has 0 saturated heterocycles. The van der Waals surface area contributed by atoms with E-state index in [1.54, 1.807) is 19.9 Å². The lowest BCUT2D eigenvalue weighted by Crippen LogP contribution is -2.39. The Morgan fingerprint density at radius 3 is 2.74 bits per heavy atom. The third-order valence-electron chi connectivity index (χ3n) is 4.18. The quantitative estimate of drug-likeness (QED) is 0.697. The van der Waals surface area contributed by atoms with Crippen LogP contribution in [-0.4, -0.2) is 16.8 Å². The van der Waals surface area contributed by atoms with Crippen molar-refractivity contribution in [2.45, 2.75) is 52.2 Å². The molecule has 0 bridgehead atoms. The van der Waals surface area contributed by atoms with E-state index in [2.05, 4.69) is 0 Å². The molecule has 0 spiro atoms. The number of allylic oxidation sites excluding steroid dienone is 2. The molecule has 1 aromatic carbocycles. The average molecular weight is 314 g/mol. The van der Waals surface area contributed by atoms with Crippen LogP contribution < -0.4 is 10.4 Å². The molecule has 0 radical (unpaired) electrons. The second-order valence-electron chi connectivity index (χ2n) is 7.01. The van der Waals surface area contributed by atoms with E-state index in [9.17, 15) is 9.90 Å². The number of hydrogen-bond donors (Lipinski definition) is 1. The molecule has 2 heterocycles. The molecule has 1 N–H and O–H groups in total. The van der Waals surface area contributed by atoms with Gasteiger partial charge in [-0.3, -0.25) is 0 Å².